The molecule has 7 nitrogen and oxygen atoms in total. The first-order chi connectivity index (χ1) is 12.2. The van der Waals surface area contributed by atoms with Crippen molar-refractivity contribution in [1.82, 2.24) is 9.55 Å². The highest BCUT2D eigenvalue weighted by molar-refractivity contribution is 5.85. The highest BCUT2D eigenvalue weighted by Crippen LogP contribution is 2.28. The molecule has 2 N–H and O–H groups in total. The van der Waals surface area contributed by atoms with Crippen LogP contribution >= 0.6 is 0 Å². The number of ether oxygens (including phenoxy) is 1. The van der Waals surface area contributed by atoms with Gasteiger partial charge < -0.3 is 9.84 Å². The first kappa shape index (κ1) is 16.5. The summed E-state index contributed by atoms with van der Waals surface area (Å²) in [6.45, 7) is 2.32. The van der Waals surface area contributed by atoms with E-state index in [1.54, 1.807) is 30.3 Å². The zero-order valence-corrected chi connectivity index (χ0v) is 13.9. The normalized spacial score (nSPS) is 11.1. The lowest BCUT2D eigenvalue weighted by atomic mass is 10.2. The van der Waals surface area contributed by atoms with Crippen LogP contribution in [0.5, 0.6) is 11.5 Å². The van der Waals surface area contributed by atoms with Crippen molar-refractivity contribution in [2.75, 3.05) is 12.5 Å². The van der Waals surface area contributed by atoms with Gasteiger partial charge in [0.25, 0.3) is 5.56 Å². The molecule has 0 aliphatic rings. The van der Waals surface area contributed by atoms with E-state index in [9.17, 15) is 9.90 Å². The predicted molar refractivity (Wildman–Crippen MR) is 97.6 cm³/mol. The monoisotopic (exact) mass is 338 g/mol. The fourth-order valence-corrected chi connectivity index (χ4v) is 2.51. The fourth-order valence-electron chi connectivity index (χ4n) is 2.51. The molecular formula is C18H18N4O3. The first-order valence-corrected chi connectivity index (χ1v) is 7.80. The lowest BCUT2D eigenvalue weighted by Gasteiger charge is -2.10. The third-order valence-electron chi connectivity index (χ3n) is 3.80. The second-order valence-corrected chi connectivity index (χ2v) is 5.27. The van der Waals surface area contributed by atoms with Crippen molar-refractivity contribution in [1.29, 1.82) is 0 Å². The average molecular weight is 338 g/mol. The van der Waals surface area contributed by atoms with Crippen LogP contribution in [0.15, 0.2) is 52.4 Å². The number of nitrogens with zero attached hydrogens (tertiary/aromatic N) is 3. The number of hydrogen-bond acceptors (Lipinski definition) is 6. The SMILES string of the molecule is CCn1c(N/N=C/c2cccc(OC)c2O)nc2ccccc2c1=O. The van der Waals surface area contributed by atoms with Crippen LogP contribution in [0.25, 0.3) is 10.9 Å². The highest BCUT2D eigenvalue weighted by Gasteiger charge is 2.09. The minimum Gasteiger partial charge on any atom is -0.504 e. The lowest BCUT2D eigenvalue weighted by molar-refractivity contribution is 0.373. The van der Waals surface area contributed by atoms with Gasteiger partial charge in [0.15, 0.2) is 11.5 Å². The van der Waals surface area contributed by atoms with Crippen molar-refractivity contribution in [3.05, 3.63) is 58.4 Å². The third kappa shape index (κ3) is 3.16. The van der Waals surface area contributed by atoms with E-state index in [4.69, 9.17) is 4.74 Å². The van der Waals surface area contributed by atoms with Crippen molar-refractivity contribution in [2.24, 2.45) is 5.10 Å². The zero-order chi connectivity index (χ0) is 17.8. The molecule has 1 aromatic heterocycles. The Balaban J connectivity index is 1.95. The predicted octanol–water partition coefficient (Wildman–Crippen LogP) is 2.58. The van der Waals surface area contributed by atoms with Gasteiger partial charge in [-0.05, 0) is 31.2 Å². The van der Waals surface area contributed by atoms with E-state index >= 15 is 0 Å². The number of aromatic nitrogens is 2. The summed E-state index contributed by atoms with van der Waals surface area (Å²) in [6.07, 6.45) is 1.44. The number of benzene rings is 2. The number of hydrogen-bond donors (Lipinski definition) is 2. The van der Waals surface area contributed by atoms with Gasteiger partial charge in [0.05, 0.1) is 24.2 Å². The Morgan fingerprint density at radius 3 is 2.84 bits per heavy atom. The van der Waals surface area contributed by atoms with Gasteiger partial charge in [0.2, 0.25) is 5.95 Å². The van der Waals surface area contributed by atoms with E-state index in [0.29, 0.717) is 34.7 Å². The van der Waals surface area contributed by atoms with E-state index in [-0.39, 0.29) is 11.3 Å². The fraction of sp³-hybridized carbons (Fsp3) is 0.167. The Morgan fingerprint density at radius 2 is 2.08 bits per heavy atom. The molecule has 0 amide bonds. The molecule has 1 heterocycles. The quantitative estimate of drug-likeness (QED) is 0.551. The van der Waals surface area contributed by atoms with E-state index in [1.165, 1.54) is 17.9 Å². The van der Waals surface area contributed by atoms with Crippen molar-refractivity contribution in [3.8, 4) is 11.5 Å². The first-order valence-electron chi connectivity index (χ1n) is 7.80. The summed E-state index contributed by atoms with van der Waals surface area (Å²) in [5, 5.41) is 14.7. The molecule has 0 aliphatic heterocycles. The third-order valence-corrected chi connectivity index (χ3v) is 3.80. The smallest absolute Gasteiger partial charge is 0.262 e. The maximum absolute atomic E-state index is 12.5. The molecule has 25 heavy (non-hydrogen) atoms. The molecule has 7 heteroatoms. The Kier molecular flexibility index (Phi) is 4.65. The summed E-state index contributed by atoms with van der Waals surface area (Å²) in [5.74, 6) is 0.693. The summed E-state index contributed by atoms with van der Waals surface area (Å²) in [5.41, 5.74) is 3.73. The lowest BCUT2D eigenvalue weighted by Crippen LogP contribution is -2.23. The van der Waals surface area contributed by atoms with Crippen LogP contribution < -0.4 is 15.7 Å². The largest absolute Gasteiger partial charge is 0.504 e. The minimum absolute atomic E-state index is 0.00472. The van der Waals surface area contributed by atoms with Gasteiger partial charge >= 0.3 is 0 Å². The number of aromatic hydroxyl groups is 1. The van der Waals surface area contributed by atoms with E-state index in [1.807, 2.05) is 19.1 Å². The van der Waals surface area contributed by atoms with Crippen LogP contribution in [-0.4, -0.2) is 28.0 Å². The van der Waals surface area contributed by atoms with Crippen molar-refractivity contribution >= 4 is 23.1 Å². The maximum Gasteiger partial charge on any atom is 0.262 e. The molecule has 0 unspecified atom stereocenters. The van der Waals surface area contributed by atoms with Gasteiger partial charge in [-0.15, -0.1) is 0 Å². The molecule has 0 saturated heterocycles. The summed E-state index contributed by atoms with van der Waals surface area (Å²) in [6, 6.07) is 12.3. The van der Waals surface area contributed by atoms with Crippen molar-refractivity contribution < 1.29 is 9.84 Å². The topological polar surface area (TPSA) is 88.7 Å². The summed E-state index contributed by atoms with van der Waals surface area (Å²) < 4.78 is 6.57. The standard InChI is InChI=1S/C18H18N4O3/c1-3-22-17(24)13-8-4-5-9-14(13)20-18(22)21-19-11-12-7-6-10-15(25-2)16(12)23/h4-11,23H,3H2,1-2H3,(H,20,21)/b19-11+. The van der Waals surface area contributed by atoms with Gasteiger partial charge in [0, 0.05) is 12.1 Å². The zero-order valence-electron chi connectivity index (χ0n) is 13.9. The molecule has 0 fully saturated rings. The number of rotatable bonds is 5. The van der Waals surface area contributed by atoms with Gasteiger partial charge in [-0.2, -0.15) is 5.10 Å². The minimum atomic E-state index is -0.130. The second-order valence-electron chi connectivity index (χ2n) is 5.27. The number of fused-ring (bicyclic) bond motifs is 1. The Labute approximate surface area is 144 Å². The van der Waals surface area contributed by atoms with Crippen molar-refractivity contribution in [2.45, 2.75) is 13.5 Å². The van der Waals surface area contributed by atoms with Gasteiger partial charge in [-0.1, -0.05) is 18.2 Å². The summed E-state index contributed by atoms with van der Waals surface area (Å²) in [4.78, 5) is 17.0. The highest BCUT2D eigenvalue weighted by atomic mass is 16.5. The molecule has 3 aromatic rings. The van der Waals surface area contributed by atoms with E-state index in [2.05, 4.69) is 15.5 Å². The number of nitrogens with one attached hydrogen (secondary N) is 1. The van der Waals surface area contributed by atoms with Crippen LogP contribution in [0.4, 0.5) is 5.95 Å². The molecule has 0 atom stereocenters. The van der Waals surface area contributed by atoms with Crippen LogP contribution in [0.1, 0.15) is 12.5 Å². The molecule has 0 spiro atoms. The number of para-hydroxylation sites is 2. The van der Waals surface area contributed by atoms with Gasteiger partial charge in [-0.25, -0.2) is 10.4 Å². The molecule has 0 bridgehead atoms. The molecular weight excluding hydrogens is 320 g/mol. The molecule has 2 aromatic carbocycles. The summed E-state index contributed by atoms with van der Waals surface area (Å²) in [7, 11) is 1.48. The van der Waals surface area contributed by atoms with Crippen LogP contribution in [0, 0.1) is 0 Å². The second kappa shape index (κ2) is 7.04. The Hall–Kier alpha value is -3.35. The van der Waals surface area contributed by atoms with Gasteiger partial charge in [0.1, 0.15) is 0 Å². The Bertz CT molecular complexity index is 995. The van der Waals surface area contributed by atoms with E-state index in [0.717, 1.165) is 0 Å². The van der Waals surface area contributed by atoms with Crippen LogP contribution in [0.3, 0.4) is 0 Å². The molecule has 3 rings (SSSR count). The summed E-state index contributed by atoms with van der Waals surface area (Å²) >= 11 is 0. The number of phenols is 1. The number of phenolic OH excluding ortho intramolecular Hbond substituents is 1. The number of hydrazone groups is 1. The van der Waals surface area contributed by atoms with Gasteiger partial charge in [-0.3, -0.25) is 9.36 Å². The van der Waals surface area contributed by atoms with Crippen LogP contribution in [0.2, 0.25) is 0 Å². The van der Waals surface area contributed by atoms with E-state index < -0.39 is 0 Å². The molecule has 0 aliphatic carbocycles. The molecule has 0 radical (unpaired) electrons. The maximum atomic E-state index is 12.5. The molecule has 128 valence electrons. The average Bonchev–Trinajstić information content (AvgIpc) is 2.63. The number of methoxy groups -OCH3 is 1. The van der Waals surface area contributed by atoms with Crippen LogP contribution in [-0.2, 0) is 6.54 Å². The number of anilines is 1. The van der Waals surface area contributed by atoms with Crippen molar-refractivity contribution in [3.63, 3.8) is 0 Å². The Morgan fingerprint density at radius 1 is 1.28 bits per heavy atom. The molecule has 0 saturated carbocycles.